The molecule has 0 heterocycles. The number of halogens is 4. The second-order valence-corrected chi connectivity index (χ2v) is 6.04. The maximum absolute atomic E-state index is 13.2. The van der Waals surface area contributed by atoms with Gasteiger partial charge in [0, 0.05) is 5.69 Å². The molecule has 0 unspecified atom stereocenters. The van der Waals surface area contributed by atoms with Gasteiger partial charge in [0.25, 0.3) is 0 Å². The van der Waals surface area contributed by atoms with Gasteiger partial charge in [-0.2, -0.15) is 13.2 Å². The molecule has 3 N–H and O–H groups in total. The van der Waals surface area contributed by atoms with Crippen molar-refractivity contribution in [3.8, 4) is 11.5 Å². The Morgan fingerprint density at radius 1 is 1.11 bits per heavy atom. The van der Waals surface area contributed by atoms with Crippen LogP contribution < -0.4 is 20.5 Å². The molecule has 0 saturated heterocycles. The molecule has 0 spiro atoms. The molecule has 5 nitrogen and oxygen atoms in total. The average molecular weight is 509 g/mol. The maximum Gasteiger partial charge on any atom is 0.416 e. The van der Waals surface area contributed by atoms with E-state index in [4.69, 9.17) is 15.2 Å². The minimum Gasteiger partial charge on any atom is -0.497 e. The third-order valence-corrected chi connectivity index (χ3v) is 3.54. The normalized spacial score (nSPS) is 11.8. The molecule has 9 heteroatoms. The Morgan fingerprint density at radius 2 is 1.71 bits per heavy atom. The minimum absolute atomic E-state index is 0. The number of guanidine groups is 1. The van der Waals surface area contributed by atoms with Gasteiger partial charge in [-0.1, -0.05) is 6.07 Å². The van der Waals surface area contributed by atoms with E-state index >= 15 is 0 Å². The van der Waals surface area contributed by atoms with Gasteiger partial charge in [0.15, 0.2) is 5.96 Å². The summed E-state index contributed by atoms with van der Waals surface area (Å²) < 4.78 is 50.0. The van der Waals surface area contributed by atoms with Crippen molar-refractivity contribution in [2.45, 2.75) is 32.7 Å². The number of aliphatic imine (C=N–C) groups is 1. The largest absolute Gasteiger partial charge is 0.497 e. The van der Waals surface area contributed by atoms with Crippen LogP contribution in [-0.4, -0.2) is 19.2 Å². The van der Waals surface area contributed by atoms with Crippen LogP contribution in [0.5, 0.6) is 11.5 Å². The van der Waals surface area contributed by atoms with Crippen molar-refractivity contribution in [1.29, 1.82) is 0 Å². The van der Waals surface area contributed by atoms with Crippen molar-refractivity contribution < 1.29 is 22.6 Å². The first-order valence-electron chi connectivity index (χ1n) is 8.27. The van der Waals surface area contributed by atoms with Crippen LogP contribution in [0.15, 0.2) is 47.5 Å². The molecule has 2 rings (SSSR count). The third kappa shape index (κ3) is 7.10. The van der Waals surface area contributed by atoms with E-state index in [0.717, 1.165) is 6.07 Å². The summed E-state index contributed by atoms with van der Waals surface area (Å²) in [7, 11) is 1.31. The first-order valence-corrected chi connectivity index (χ1v) is 8.27. The Labute approximate surface area is 179 Å². The topological polar surface area (TPSA) is 68.9 Å². The zero-order valence-electron chi connectivity index (χ0n) is 15.7. The summed E-state index contributed by atoms with van der Waals surface area (Å²) in [6, 6.07) is 10.8. The average Bonchev–Trinajstić information content (AvgIpc) is 2.60. The number of benzene rings is 2. The summed E-state index contributed by atoms with van der Waals surface area (Å²) in [6.07, 6.45) is -4.45. The van der Waals surface area contributed by atoms with E-state index < -0.39 is 11.7 Å². The van der Waals surface area contributed by atoms with Crippen LogP contribution in [0.1, 0.15) is 25.0 Å². The first kappa shape index (κ1) is 23.9. The van der Waals surface area contributed by atoms with Crippen molar-refractivity contribution in [2.24, 2.45) is 10.7 Å². The molecule has 28 heavy (non-hydrogen) atoms. The van der Waals surface area contributed by atoms with E-state index in [1.165, 1.54) is 19.2 Å². The summed E-state index contributed by atoms with van der Waals surface area (Å²) in [5, 5.41) is 2.84. The SMILES string of the molecule is COc1ccc(CN=C(N)Nc2ccc(OC(C)C)cc2)c(C(F)(F)F)c1.I. The highest BCUT2D eigenvalue weighted by molar-refractivity contribution is 14.0. The van der Waals surface area contributed by atoms with E-state index in [-0.39, 0.29) is 53.9 Å². The van der Waals surface area contributed by atoms with Gasteiger partial charge < -0.3 is 20.5 Å². The van der Waals surface area contributed by atoms with Gasteiger partial charge >= 0.3 is 6.18 Å². The van der Waals surface area contributed by atoms with E-state index in [2.05, 4.69) is 10.3 Å². The molecule has 0 fully saturated rings. The van der Waals surface area contributed by atoms with Crippen LogP contribution in [0.3, 0.4) is 0 Å². The van der Waals surface area contributed by atoms with Gasteiger partial charge in [-0.25, -0.2) is 4.99 Å². The molecule has 2 aromatic carbocycles. The predicted octanol–water partition coefficient (Wildman–Crippen LogP) is 5.05. The maximum atomic E-state index is 13.2. The third-order valence-electron chi connectivity index (χ3n) is 3.54. The molecule has 0 aliphatic rings. The molecule has 0 saturated carbocycles. The van der Waals surface area contributed by atoms with Crippen molar-refractivity contribution in [3.05, 3.63) is 53.6 Å². The van der Waals surface area contributed by atoms with E-state index in [9.17, 15) is 13.2 Å². The summed E-state index contributed by atoms with van der Waals surface area (Å²) in [6.45, 7) is 3.63. The summed E-state index contributed by atoms with van der Waals surface area (Å²) in [4.78, 5) is 4.00. The fraction of sp³-hybridized carbons (Fsp3) is 0.316. The van der Waals surface area contributed by atoms with Gasteiger partial charge in [0.2, 0.25) is 0 Å². The quantitative estimate of drug-likeness (QED) is 0.325. The zero-order chi connectivity index (χ0) is 20.0. The summed E-state index contributed by atoms with van der Waals surface area (Å²) in [5.41, 5.74) is 5.65. The van der Waals surface area contributed by atoms with Crippen molar-refractivity contribution in [3.63, 3.8) is 0 Å². The number of hydrogen-bond donors (Lipinski definition) is 2. The number of hydrogen-bond acceptors (Lipinski definition) is 3. The van der Waals surface area contributed by atoms with Crippen molar-refractivity contribution in [1.82, 2.24) is 0 Å². The molecular formula is C19H23F3IN3O2. The van der Waals surface area contributed by atoms with Gasteiger partial charge in [0.1, 0.15) is 11.5 Å². The smallest absolute Gasteiger partial charge is 0.416 e. The highest BCUT2D eigenvalue weighted by Crippen LogP contribution is 2.34. The monoisotopic (exact) mass is 509 g/mol. The lowest BCUT2D eigenvalue weighted by Gasteiger charge is -2.13. The summed E-state index contributed by atoms with van der Waals surface area (Å²) >= 11 is 0. The van der Waals surface area contributed by atoms with Gasteiger partial charge in [-0.05, 0) is 55.8 Å². The highest BCUT2D eigenvalue weighted by Gasteiger charge is 2.33. The van der Waals surface area contributed by atoms with E-state index in [0.29, 0.717) is 11.4 Å². The van der Waals surface area contributed by atoms with Crippen molar-refractivity contribution >= 4 is 35.6 Å². The van der Waals surface area contributed by atoms with Crippen molar-refractivity contribution in [2.75, 3.05) is 12.4 Å². The van der Waals surface area contributed by atoms with Crippen LogP contribution >= 0.6 is 24.0 Å². The molecule has 0 aromatic heterocycles. The first-order chi connectivity index (χ1) is 12.7. The van der Waals surface area contributed by atoms with Gasteiger partial charge in [-0.3, -0.25) is 0 Å². The number of anilines is 1. The fourth-order valence-corrected chi connectivity index (χ4v) is 2.33. The molecule has 0 atom stereocenters. The Hall–Kier alpha value is -2.17. The van der Waals surface area contributed by atoms with Crippen LogP contribution in [0.4, 0.5) is 18.9 Å². The van der Waals surface area contributed by atoms with E-state index in [1.807, 2.05) is 13.8 Å². The van der Waals surface area contributed by atoms with Crippen LogP contribution in [0.2, 0.25) is 0 Å². The number of nitrogens with two attached hydrogens (primary N) is 1. The highest BCUT2D eigenvalue weighted by atomic mass is 127. The lowest BCUT2D eigenvalue weighted by Crippen LogP contribution is -2.22. The number of nitrogens with zero attached hydrogens (tertiary/aromatic N) is 1. The number of alkyl halides is 3. The Balaban J connectivity index is 0.00000392. The molecule has 0 aliphatic carbocycles. The Morgan fingerprint density at radius 3 is 2.25 bits per heavy atom. The predicted molar refractivity (Wildman–Crippen MR) is 115 cm³/mol. The fourth-order valence-electron chi connectivity index (χ4n) is 2.33. The second kappa shape index (κ2) is 10.4. The Bertz CT molecular complexity index is 794. The lowest BCUT2D eigenvalue weighted by molar-refractivity contribution is -0.138. The number of ether oxygens (including phenoxy) is 2. The number of rotatable bonds is 6. The number of nitrogens with one attached hydrogen (secondary N) is 1. The van der Waals surface area contributed by atoms with Crippen LogP contribution in [-0.2, 0) is 12.7 Å². The minimum atomic E-state index is -4.51. The molecule has 0 radical (unpaired) electrons. The second-order valence-electron chi connectivity index (χ2n) is 6.04. The molecule has 154 valence electrons. The Kier molecular flexibility index (Phi) is 8.86. The molecule has 0 bridgehead atoms. The van der Waals surface area contributed by atoms with Crippen LogP contribution in [0.25, 0.3) is 0 Å². The molecule has 0 amide bonds. The molecule has 0 aliphatic heterocycles. The number of methoxy groups -OCH3 is 1. The summed E-state index contributed by atoms with van der Waals surface area (Å²) in [5.74, 6) is 0.848. The van der Waals surface area contributed by atoms with Gasteiger partial charge in [0.05, 0.1) is 25.3 Å². The standard InChI is InChI=1S/C19H22F3N3O2.HI/c1-12(2)27-15-8-5-14(6-9-15)25-18(23)24-11-13-4-7-16(26-3)10-17(13)19(20,21)22;/h4-10,12H,11H2,1-3H3,(H3,23,24,25);1H. The molecule has 2 aromatic rings. The van der Waals surface area contributed by atoms with Crippen LogP contribution in [0, 0.1) is 0 Å². The lowest BCUT2D eigenvalue weighted by atomic mass is 10.1. The van der Waals surface area contributed by atoms with Gasteiger partial charge in [-0.15, -0.1) is 24.0 Å². The zero-order valence-corrected chi connectivity index (χ0v) is 18.0. The molecular weight excluding hydrogens is 486 g/mol. The van der Waals surface area contributed by atoms with E-state index in [1.54, 1.807) is 24.3 Å².